The molecule has 0 heterocycles. The van der Waals surface area contributed by atoms with Crippen LogP contribution in [0.25, 0.3) is 0 Å². The number of nitrogens with two attached hydrogens (primary N) is 1. The number of carbonyl (C=O) groups excluding carboxylic acids is 2. The molecule has 0 fully saturated rings. The van der Waals surface area contributed by atoms with Gasteiger partial charge in [0, 0.05) is 16.6 Å². The first kappa shape index (κ1) is 16.5. The van der Waals surface area contributed by atoms with Gasteiger partial charge in [-0.3, -0.25) is 15.0 Å². The molecule has 0 radical (unpaired) electrons. The third-order valence-electron chi connectivity index (χ3n) is 2.95. The van der Waals surface area contributed by atoms with Gasteiger partial charge in [-0.1, -0.05) is 15.9 Å². The van der Waals surface area contributed by atoms with Crippen molar-refractivity contribution in [3.05, 3.63) is 28.2 Å². The summed E-state index contributed by atoms with van der Waals surface area (Å²) in [6, 6.07) is 4.31. The van der Waals surface area contributed by atoms with Crippen LogP contribution in [0.4, 0.5) is 4.79 Å². The van der Waals surface area contributed by atoms with E-state index in [9.17, 15) is 9.59 Å². The monoisotopic (exact) mass is 343 g/mol. The third-order valence-corrected chi connectivity index (χ3v) is 3.44. The standard InChI is InChI=1S/C13H18BrN3O3/c1-8(12(18)16-13(15)19)17(2)7-9-6-10(14)4-5-11(9)20-3/h4-6,8H,7H2,1-3H3,(H3,15,16,18,19)/t8-/m0/s1. The number of urea groups is 1. The molecule has 1 rings (SSSR count). The maximum absolute atomic E-state index is 11.7. The molecule has 20 heavy (non-hydrogen) atoms. The lowest BCUT2D eigenvalue weighted by Gasteiger charge is -2.24. The summed E-state index contributed by atoms with van der Waals surface area (Å²) in [5, 5.41) is 2.07. The number of ether oxygens (including phenoxy) is 1. The van der Waals surface area contributed by atoms with Gasteiger partial charge in [-0.15, -0.1) is 0 Å². The number of halogens is 1. The minimum absolute atomic E-state index is 0.436. The number of nitrogens with zero attached hydrogens (tertiary/aromatic N) is 1. The SMILES string of the molecule is COc1ccc(Br)cc1CN(C)[C@@H](C)C(=O)NC(N)=O. The molecular formula is C13H18BrN3O3. The van der Waals surface area contributed by atoms with Gasteiger partial charge >= 0.3 is 6.03 Å². The Morgan fingerprint density at radius 1 is 1.50 bits per heavy atom. The van der Waals surface area contributed by atoms with Crippen molar-refractivity contribution >= 4 is 27.9 Å². The van der Waals surface area contributed by atoms with Gasteiger partial charge in [0.25, 0.3) is 0 Å². The molecule has 3 N–H and O–H groups in total. The number of hydrogen-bond donors (Lipinski definition) is 2. The fraction of sp³-hybridized carbons (Fsp3) is 0.385. The summed E-state index contributed by atoms with van der Waals surface area (Å²) in [5.41, 5.74) is 5.87. The summed E-state index contributed by atoms with van der Waals surface area (Å²) in [6.45, 7) is 2.19. The second kappa shape index (κ2) is 7.25. The molecule has 0 aliphatic carbocycles. The number of carbonyl (C=O) groups is 2. The predicted molar refractivity (Wildman–Crippen MR) is 79.3 cm³/mol. The molecule has 7 heteroatoms. The maximum Gasteiger partial charge on any atom is 0.318 e. The lowest BCUT2D eigenvalue weighted by atomic mass is 10.1. The van der Waals surface area contributed by atoms with Gasteiger partial charge in [0.05, 0.1) is 13.2 Å². The van der Waals surface area contributed by atoms with Gasteiger partial charge < -0.3 is 10.5 Å². The summed E-state index contributed by atoms with van der Waals surface area (Å²) in [7, 11) is 3.38. The molecule has 3 amide bonds. The minimum Gasteiger partial charge on any atom is -0.496 e. The van der Waals surface area contributed by atoms with Crippen molar-refractivity contribution < 1.29 is 14.3 Å². The fourth-order valence-electron chi connectivity index (χ4n) is 1.70. The Hall–Kier alpha value is -1.60. The fourth-order valence-corrected chi connectivity index (χ4v) is 2.11. The summed E-state index contributed by atoms with van der Waals surface area (Å²) in [4.78, 5) is 24.2. The summed E-state index contributed by atoms with van der Waals surface area (Å²) >= 11 is 3.40. The average Bonchev–Trinajstić information content (AvgIpc) is 2.37. The summed E-state index contributed by atoms with van der Waals surface area (Å²) < 4.78 is 6.21. The summed E-state index contributed by atoms with van der Waals surface area (Å²) in [6.07, 6.45) is 0. The second-order valence-electron chi connectivity index (χ2n) is 4.40. The molecule has 1 aromatic rings. The van der Waals surface area contributed by atoms with Crippen molar-refractivity contribution in [2.45, 2.75) is 19.5 Å². The molecule has 6 nitrogen and oxygen atoms in total. The molecule has 0 saturated carbocycles. The first-order chi connectivity index (χ1) is 9.35. The molecule has 0 unspecified atom stereocenters. The van der Waals surface area contributed by atoms with E-state index in [1.165, 1.54) is 0 Å². The normalized spacial score (nSPS) is 12.1. The smallest absolute Gasteiger partial charge is 0.318 e. The Balaban J connectivity index is 2.79. The van der Waals surface area contributed by atoms with Gasteiger partial charge in [0.1, 0.15) is 5.75 Å². The van der Waals surface area contributed by atoms with Crippen molar-refractivity contribution in [3.63, 3.8) is 0 Å². The van der Waals surface area contributed by atoms with E-state index in [0.717, 1.165) is 15.8 Å². The lowest BCUT2D eigenvalue weighted by molar-refractivity contribution is -0.124. The average molecular weight is 344 g/mol. The number of hydrogen-bond acceptors (Lipinski definition) is 4. The molecule has 1 atom stereocenters. The molecule has 0 spiro atoms. The van der Waals surface area contributed by atoms with Crippen LogP contribution in [0, 0.1) is 0 Å². The first-order valence-corrected chi connectivity index (χ1v) is 6.77. The molecule has 0 saturated heterocycles. The van der Waals surface area contributed by atoms with Crippen molar-refractivity contribution in [2.75, 3.05) is 14.2 Å². The van der Waals surface area contributed by atoms with E-state index >= 15 is 0 Å². The highest BCUT2D eigenvalue weighted by molar-refractivity contribution is 9.10. The highest BCUT2D eigenvalue weighted by Crippen LogP contribution is 2.24. The topological polar surface area (TPSA) is 84.7 Å². The molecule has 0 aliphatic rings. The van der Waals surface area contributed by atoms with Crippen LogP contribution in [0.5, 0.6) is 5.75 Å². The predicted octanol–water partition coefficient (Wildman–Crippen LogP) is 1.47. The zero-order chi connectivity index (χ0) is 15.3. The zero-order valence-corrected chi connectivity index (χ0v) is 13.2. The number of rotatable bonds is 5. The maximum atomic E-state index is 11.7. The van der Waals surface area contributed by atoms with Gasteiger partial charge in [-0.2, -0.15) is 0 Å². The Bertz CT molecular complexity index is 508. The number of nitrogens with one attached hydrogen (secondary N) is 1. The Morgan fingerprint density at radius 2 is 2.15 bits per heavy atom. The van der Waals surface area contributed by atoms with E-state index < -0.39 is 18.0 Å². The van der Waals surface area contributed by atoms with Crippen LogP contribution in [-0.2, 0) is 11.3 Å². The zero-order valence-electron chi connectivity index (χ0n) is 11.6. The van der Waals surface area contributed by atoms with Crippen LogP contribution >= 0.6 is 15.9 Å². The van der Waals surface area contributed by atoms with Crippen LogP contribution in [0.1, 0.15) is 12.5 Å². The lowest BCUT2D eigenvalue weighted by Crippen LogP contribution is -2.46. The highest BCUT2D eigenvalue weighted by atomic mass is 79.9. The number of benzene rings is 1. The Kier molecular flexibility index (Phi) is 5.97. The first-order valence-electron chi connectivity index (χ1n) is 5.98. The highest BCUT2D eigenvalue weighted by Gasteiger charge is 2.20. The molecule has 0 bridgehead atoms. The largest absolute Gasteiger partial charge is 0.496 e. The van der Waals surface area contributed by atoms with E-state index in [1.807, 2.05) is 18.2 Å². The van der Waals surface area contributed by atoms with E-state index in [4.69, 9.17) is 10.5 Å². The van der Waals surface area contributed by atoms with Crippen LogP contribution in [0.15, 0.2) is 22.7 Å². The number of amides is 3. The van der Waals surface area contributed by atoms with Gasteiger partial charge in [0.15, 0.2) is 0 Å². The van der Waals surface area contributed by atoms with Crippen molar-refractivity contribution in [2.24, 2.45) is 5.73 Å². The number of imide groups is 1. The Labute approximate surface area is 126 Å². The van der Waals surface area contributed by atoms with Gasteiger partial charge in [-0.05, 0) is 32.2 Å². The number of likely N-dealkylation sites (N-methyl/N-ethyl adjacent to an activating group) is 1. The van der Waals surface area contributed by atoms with Crippen molar-refractivity contribution in [3.8, 4) is 5.75 Å². The van der Waals surface area contributed by atoms with E-state index in [0.29, 0.717) is 6.54 Å². The molecular weight excluding hydrogens is 326 g/mol. The molecule has 0 aromatic heterocycles. The number of primary amides is 1. The van der Waals surface area contributed by atoms with E-state index in [-0.39, 0.29) is 0 Å². The summed E-state index contributed by atoms with van der Waals surface area (Å²) in [5.74, 6) is 0.302. The Morgan fingerprint density at radius 3 is 2.70 bits per heavy atom. The quantitative estimate of drug-likeness (QED) is 0.847. The molecule has 0 aliphatic heterocycles. The van der Waals surface area contributed by atoms with Gasteiger partial charge in [0.2, 0.25) is 5.91 Å². The van der Waals surface area contributed by atoms with E-state index in [2.05, 4.69) is 21.2 Å². The van der Waals surface area contributed by atoms with Gasteiger partial charge in [-0.25, -0.2) is 4.79 Å². The minimum atomic E-state index is -0.852. The van der Waals surface area contributed by atoms with E-state index in [1.54, 1.807) is 26.0 Å². The van der Waals surface area contributed by atoms with Crippen LogP contribution < -0.4 is 15.8 Å². The third kappa shape index (κ3) is 4.50. The van der Waals surface area contributed by atoms with Crippen LogP contribution in [0.2, 0.25) is 0 Å². The molecule has 1 aromatic carbocycles. The molecule has 110 valence electrons. The second-order valence-corrected chi connectivity index (χ2v) is 5.32. The van der Waals surface area contributed by atoms with Crippen molar-refractivity contribution in [1.29, 1.82) is 0 Å². The van der Waals surface area contributed by atoms with Crippen LogP contribution in [0.3, 0.4) is 0 Å². The van der Waals surface area contributed by atoms with Crippen LogP contribution in [-0.4, -0.2) is 37.0 Å². The number of methoxy groups -OCH3 is 1. The van der Waals surface area contributed by atoms with Crippen molar-refractivity contribution in [1.82, 2.24) is 10.2 Å².